The van der Waals surface area contributed by atoms with Gasteiger partial charge in [0.15, 0.2) is 0 Å². The van der Waals surface area contributed by atoms with Crippen LogP contribution in [0.3, 0.4) is 0 Å². The molecule has 0 bridgehead atoms. The number of esters is 1. The van der Waals surface area contributed by atoms with Gasteiger partial charge in [0.05, 0.1) is 0 Å². The van der Waals surface area contributed by atoms with E-state index in [2.05, 4.69) is 21.0 Å². The van der Waals surface area contributed by atoms with Crippen LogP contribution in [0.15, 0.2) is 22.7 Å². The zero-order valence-electron chi connectivity index (χ0n) is 8.61. The van der Waals surface area contributed by atoms with E-state index in [1.54, 1.807) is 6.92 Å². The Morgan fingerprint density at radius 3 is 3.06 bits per heavy atom. The minimum atomic E-state index is -0.356. The molecule has 0 aliphatic carbocycles. The molecule has 6 heteroatoms. The predicted octanol–water partition coefficient (Wildman–Crippen LogP) is 1.91. The fourth-order valence-electron chi connectivity index (χ4n) is 1.46. The number of nitrogens with zero attached hydrogens (tertiary/aromatic N) is 2. The standard InChI is InChI=1S/C10H9BrN2O2.Tl/c1-2-15-10(14)9-7-5-6(11)3-4-8(7)12-13-9;/h3-5H,2H2,1H3,(H,12,13,14);/q;+1/p-1. The normalized spacial score (nSPS) is 10.6. The monoisotopic (exact) mass is 472 g/mol. The van der Waals surface area contributed by atoms with Crippen molar-refractivity contribution in [1.82, 2.24) is 7.59 Å². The molecule has 2 aromatic rings. The van der Waals surface area contributed by atoms with Gasteiger partial charge in [-0.2, -0.15) is 0 Å². The molecule has 1 aromatic heterocycles. The maximum absolute atomic E-state index is 11.7. The molecule has 0 N–H and O–H groups in total. The number of benzene rings is 1. The molecular formula is C10H8BrN2O2Tl. The summed E-state index contributed by atoms with van der Waals surface area (Å²) in [5.41, 5.74) is 1.39. The second-order valence-corrected chi connectivity index (χ2v) is 5.99. The van der Waals surface area contributed by atoms with Crippen molar-refractivity contribution in [2.75, 3.05) is 6.61 Å². The molecule has 2 rings (SSSR count). The number of carbonyl (C=O) groups is 1. The summed E-state index contributed by atoms with van der Waals surface area (Å²) in [7, 11) is 0. The van der Waals surface area contributed by atoms with Crippen LogP contribution in [-0.4, -0.2) is 46.2 Å². The number of fused-ring (bicyclic) bond motifs is 1. The molecule has 16 heavy (non-hydrogen) atoms. The van der Waals surface area contributed by atoms with Crippen LogP contribution in [0.25, 0.3) is 10.9 Å². The number of rotatable bonds is 2. The third-order valence-electron chi connectivity index (χ3n) is 2.14. The van der Waals surface area contributed by atoms with E-state index in [0.29, 0.717) is 38.4 Å². The van der Waals surface area contributed by atoms with Crippen LogP contribution in [0.5, 0.6) is 0 Å². The second-order valence-electron chi connectivity index (χ2n) is 3.18. The van der Waals surface area contributed by atoms with Gasteiger partial charge in [-0.05, 0) is 0 Å². The van der Waals surface area contributed by atoms with E-state index in [4.69, 9.17) is 4.74 Å². The fraction of sp³-hybridized carbons (Fsp3) is 0.200. The van der Waals surface area contributed by atoms with Gasteiger partial charge in [0.1, 0.15) is 0 Å². The molecule has 4 nitrogen and oxygen atoms in total. The van der Waals surface area contributed by atoms with Gasteiger partial charge in [-0.1, -0.05) is 0 Å². The molecule has 0 atom stereocenters. The first-order chi connectivity index (χ1) is 7.63. The van der Waals surface area contributed by atoms with E-state index in [9.17, 15) is 4.79 Å². The quantitative estimate of drug-likeness (QED) is 0.496. The number of carbonyl (C=O) groups excluding carboxylic acids is 1. The second kappa shape index (κ2) is 4.82. The average Bonchev–Trinajstić information content (AvgIpc) is 2.56. The van der Waals surface area contributed by atoms with Gasteiger partial charge < -0.3 is 0 Å². The summed E-state index contributed by atoms with van der Waals surface area (Å²) in [6, 6.07) is 5.79. The van der Waals surface area contributed by atoms with Gasteiger partial charge in [-0.15, -0.1) is 0 Å². The van der Waals surface area contributed by atoms with Crippen molar-refractivity contribution < 1.29 is 9.53 Å². The Balaban J connectivity index is 2.61. The van der Waals surface area contributed by atoms with Crippen LogP contribution in [-0.2, 0) is 4.74 Å². The molecule has 0 fully saturated rings. The molecule has 1 heterocycles. The first-order valence-electron chi connectivity index (χ1n) is 4.74. The van der Waals surface area contributed by atoms with Crippen molar-refractivity contribution in [1.29, 1.82) is 0 Å². The van der Waals surface area contributed by atoms with E-state index < -0.39 is 0 Å². The Morgan fingerprint density at radius 2 is 2.38 bits per heavy atom. The van der Waals surface area contributed by atoms with E-state index in [1.165, 1.54) is 0 Å². The van der Waals surface area contributed by atoms with Crippen molar-refractivity contribution in [3.63, 3.8) is 0 Å². The van der Waals surface area contributed by atoms with E-state index in [0.717, 1.165) is 15.4 Å². The zero-order chi connectivity index (χ0) is 11.7. The Bertz CT molecular complexity index is 553. The summed E-state index contributed by atoms with van der Waals surface area (Å²) in [6.45, 7) is 2.15. The molecule has 0 unspecified atom stereocenters. The Hall–Kier alpha value is -0.438. The van der Waals surface area contributed by atoms with Gasteiger partial charge in [-0.25, -0.2) is 0 Å². The number of halogens is 1. The number of ether oxygens (including phenoxy) is 1. The molecule has 0 aliphatic rings. The first kappa shape index (κ1) is 12.0. The number of aromatic nitrogens is 2. The molecular weight excluding hydrogens is 464 g/mol. The van der Waals surface area contributed by atoms with E-state index in [1.807, 2.05) is 20.7 Å². The summed E-state index contributed by atoms with van der Waals surface area (Å²) in [5, 5.41) is 5.09. The topological polar surface area (TPSA) is 44.1 Å². The van der Waals surface area contributed by atoms with Gasteiger partial charge in [0, 0.05) is 0 Å². The molecule has 80 valence electrons. The van der Waals surface area contributed by atoms with Crippen molar-refractivity contribution in [2.24, 2.45) is 0 Å². The molecule has 1 aromatic carbocycles. The van der Waals surface area contributed by atoms with Gasteiger partial charge in [0.25, 0.3) is 0 Å². The summed E-state index contributed by atoms with van der Waals surface area (Å²) in [6.07, 6.45) is 0. The minimum absolute atomic E-state index is 0.356. The SMILES string of the molecule is CCOC(=O)c1n[n]([Tl])c2ccc(Br)cc12. The van der Waals surface area contributed by atoms with Crippen molar-refractivity contribution >= 4 is 58.9 Å². The Kier molecular flexibility index (Phi) is 3.63. The third-order valence-corrected chi connectivity index (χ3v) is 4.16. The summed E-state index contributed by atoms with van der Waals surface area (Å²) < 4.78 is 7.75. The summed E-state index contributed by atoms with van der Waals surface area (Å²) in [5.74, 6) is -0.356. The van der Waals surface area contributed by atoms with E-state index in [-0.39, 0.29) is 5.97 Å². The molecule has 0 saturated heterocycles. The first-order valence-corrected chi connectivity index (χ1v) is 7.54. The zero-order valence-corrected chi connectivity index (χ0v) is 14.7. The Labute approximate surface area is 117 Å². The van der Waals surface area contributed by atoms with Crippen molar-refractivity contribution in [2.45, 2.75) is 6.92 Å². The number of hydrogen-bond donors (Lipinski definition) is 0. The van der Waals surface area contributed by atoms with Crippen LogP contribution in [0.2, 0.25) is 0 Å². The molecule has 0 amide bonds. The third kappa shape index (κ3) is 2.15. The Morgan fingerprint density at radius 1 is 1.62 bits per heavy atom. The van der Waals surface area contributed by atoms with Crippen molar-refractivity contribution in [3.8, 4) is 0 Å². The van der Waals surface area contributed by atoms with Crippen LogP contribution in [0.1, 0.15) is 17.4 Å². The number of hydrogen-bond acceptors (Lipinski definition) is 3. The van der Waals surface area contributed by atoms with Crippen LogP contribution >= 0.6 is 15.9 Å². The van der Waals surface area contributed by atoms with E-state index >= 15 is 0 Å². The average molecular weight is 472 g/mol. The fourth-order valence-corrected chi connectivity index (χ4v) is 3.15. The van der Waals surface area contributed by atoms with Gasteiger partial charge >= 0.3 is 118 Å². The molecule has 0 spiro atoms. The summed E-state index contributed by atoms with van der Waals surface area (Å²) >= 11 is 3.91. The van der Waals surface area contributed by atoms with Crippen LogP contribution < -0.4 is 0 Å². The van der Waals surface area contributed by atoms with Crippen LogP contribution in [0.4, 0.5) is 0 Å². The predicted molar refractivity (Wildman–Crippen MR) is 64.5 cm³/mol. The van der Waals surface area contributed by atoms with Crippen LogP contribution in [0, 0.1) is 0 Å². The van der Waals surface area contributed by atoms with Gasteiger partial charge in [0.2, 0.25) is 0 Å². The molecule has 0 aliphatic heterocycles. The summed E-state index contributed by atoms with van der Waals surface area (Å²) in [4.78, 5) is 11.7. The molecule has 0 saturated carbocycles. The van der Waals surface area contributed by atoms with Crippen molar-refractivity contribution in [3.05, 3.63) is 28.4 Å². The van der Waals surface area contributed by atoms with Gasteiger partial charge in [-0.3, -0.25) is 0 Å². The molecule has 0 radical (unpaired) electrons. The maximum atomic E-state index is 11.7.